The number of amides is 1. The smallest absolute Gasteiger partial charge is 0.269 e. The number of carbonyl (C=O) groups is 1. The number of benzene rings is 2. The number of unbranched alkanes of at least 4 members (excludes halogenated alkanes) is 1. The van der Waals surface area contributed by atoms with E-state index in [0.717, 1.165) is 54.4 Å². The number of thioether (sulfide) groups is 2. The summed E-state index contributed by atoms with van der Waals surface area (Å²) in [4.78, 5) is 23.9. The minimum Gasteiger partial charge on any atom is -0.497 e. The van der Waals surface area contributed by atoms with Gasteiger partial charge in [0, 0.05) is 29.0 Å². The Morgan fingerprint density at radius 3 is 2.60 bits per heavy atom. The van der Waals surface area contributed by atoms with Gasteiger partial charge < -0.3 is 9.64 Å². The second kappa shape index (κ2) is 9.08. The normalized spacial score (nSPS) is 19.7. The average molecular weight is 504 g/mol. The van der Waals surface area contributed by atoms with E-state index in [4.69, 9.17) is 9.73 Å². The van der Waals surface area contributed by atoms with Crippen molar-refractivity contribution in [1.29, 1.82) is 0 Å². The number of halogens is 1. The maximum atomic E-state index is 13.4. The number of aliphatic imine (C=N–C) groups is 1. The van der Waals surface area contributed by atoms with Gasteiger partial charge in [-0.15, -0.1) is 0 Å². The highest BCUT2D eigenvalue weighted by molar-refractivity contribution is 9.10. The van der Waals surface area contributed by atoms with Gasteiger partial charge in [0.15, 0.2) is 5.17 Å². The molecule has 0 aromatic heterocycles. The first kappa shape index (κ1) is 21.3. The summed E-state index contributed by atoms with van der Waals surface area (Å²) in [5.74, 6) is 0.832. The van der Waals surface area contributed by atoms with Gasteiger partial charge in [-0.2, -0.15) is 0 Å². The summed E-state index contributed by atoms with van der Waals surface area (Å²) in [6, 6.07) is 13.8. The van der Waals surface area contributed by atoms with E-state index in [2.05, 4.69) is 27.8 Å². The SMILES string of the molecule is CCCCN1C(=O)/C(=C2\Sc3ccc(OC)cc3N2C)SC1=Nc1ccc(Br)cc1. The Labute approximate surface area is 193 Å². The van der Waals surface area contributed by atoms with Crippen LogP contribution < -0.4 is 9.64 Å². The molecular weight excluding hydrogens is 482 g/mol. The number of hydrogen-bond donors (Lipinski definition) is 0. The summed E-state index contributed by atoms with van der Waals surface area (Å²) in [5, 5.41) is 1.68. The Bertz CT molecular complexity index is 1040. The maximum Gasteiger partial charge on any atom is 0.269 e. The molecule has 0 radical (unpaired) electrons. The Morgan fingerprint density at radius 2 is 1.90 bits per heavy atom. The summed E-state index contributed by atoms with van der Waals surface area (Å²) in [5.41, 5.74) is 1.88. The maximum absolute atomic E-state index is 13.4. The molecule has 2 aromatic rings. The van der Waals surface area contributed by atoms with E-state index in [-0.39, 0.29) is 5.91 Å². The van der Waals surface area contributed by atoms with E-state index in [1.807, 2.05) is 54.4 Å². The van der Waals surface area contributed by atoms with Crippen LogP contribution in [0.15, 0.2) is 66.8 Å². The molecule has 2 aromatic carbocycles. The van der Waals surface area contributed by atoms with Gasteiger partial charge >= 0.3 is 0 Å². The second-order valence-electron chi connectivity index (χ2n) is 6.91. The highest BCUT2D eigenvalue weighted by Gasteiger charge is 2.39. The quantitative estimate of drug-likeness (QED) is 0.452. The molecule has 2 aliphatic rings. The fourth-order valence-electron chi connectivity index (χ4n) is 3.21. The molecule has 30 heavy (non-hydrogen) atoms. The summed E-state index contributed by atoms with van der Waals surface area (Å²) < 4.78 is 6.37. The van der Waals surface area contributed by atoms with Crippen molar-refractivity contribution >= 4 is 61.9 Å². The van der Waals surface area contributed by atoms with Gasteiger partial charge in [-0.25, -0.2) is 4.99 Å². The van der Waals surface area contributed by atoms with Crippen LogP contribution in [0.2, 0.25) is 0 Å². The highest BCUT2D eigenvalue weighted by Crippen LogP contribution is 2.51. The monoisotopic (exact) mass is 503 g/mol. The fraction of sp³-hybridized carbons (Fsp3) is 0.273. The molecule has 1 amide bonds. The van der Waals surface area contributed by atoms with Crippen molar-refractivity contribution in [2.75, 3.05) is 25.6 Å². The third kappa shape index (κ3) is 4.13. The Hall–Kier alpha value is -1.90. The van der Waals surface area contributed by atoms with Crippen LogP contribution in [0.4, 0.5) is 11.4 Å². The molecule has 8 heteroatoms. The lowest BCUT2D eigenvalue weighted by molar-refractivity contribution is -0.122. The van der Waals surface area contributed by atoms with Crippen molar-refractivity contribution in [3.8, 4) is 5.75 Å². The zero-order valence-electron chi connectivity index (χ0n) is 17.0. The largest absolute Gasteiger partial charge is 0.497 e. The molecule has 0 saturated carbocycles. The molecule has 156 valence electrons. The van der Waals surface area contributed by atoms with E-state index < -0.39 is 0 Å². The van der Waals surface area contributed by atoms with Crippen LogP contribution in [0.3, 0.4) is 0 Å². The number of carbonyl (C=O) groups excluding carboxylic acids is 1. The number of rotatable bonds is 5. The van der Waals surface area contributed by atoms with Gasteiger partial charge in [0.25, 0.3) is 5.91 Å². The minimum atomic E-state index is 0.0263. The molecule has 0 spiro atoms. The zero-order valence-corrected chi connectivity index (χ0v) is 20.2. The molecule has 2 aliphatic heterocycles. The Morgan fingerprint density at radius 1 is 1.13 bits per heavy atom. The Kier molecular flexibility index (Phi) is 6.46. The minimum absolute atomic E-state index is 0.0263. The van der Waals surface area contributed by atoms with Gasteiger partial charge in [-0.3, -0.25) is 9.69 Å². The number of methoxy groups -OCH3 is 1. The topological polar surface area (TPSA) is 45.1 Å². The number of ether oxygens (including phenoxy) is 1. The molecule has 0 unspecified atom stereocenters. The molecule has 0 N–H and O–H groups in total. The second-order valence-corrected chi connectivity index (χ2v) is 9.84. The number of amidine groups is 1. The first-order valence-corrected chi connectivity index (χ1v) is 12.1. The predicted molar refractivity (Wildman–Crippen MR) is 130 cm³/mol. The van der Waals surface area contributed by atoms with Crippen molar-refractivity contribution in [2.45, 2.75) is 24.7 Å². The molecule has 1 saturated heterocycles. The van der Waals surface area contributed by atoms with Gasteiger partial charge in [0.1, 0.15) is 10.7 Å². The standard InChI is InChI=1S/C22H22BrN3O2S2/c1-4-5-12-26-20(27)19(30-22(26)24-15-8-6-14(23)7-9-15)21-25(2)17-13-16(28-3)10-11-18(17)29-21/h6-11,13H,4-5,12H2,1-3H3/b21-19+,24-22?. The van der Waals surface area contributed by atoms with E-state index in [1.54, 1.807) is 18.9 Å². The van der Waals surface area contributed by atoms with Crippen LogP contribution >= 0.6 is 39.5 Å². The van der Waals surface area contributed by atoms with Crippen LogP contribution in [0, 0.1) is 0 Å². The van der Waals surface area contributed by atoms with E-state index in [0.29, 0.717) is 6.54 Å². The lowest BCUT2D eigenvalue weighted by atomic mass is 10.3. The van der Waals surface area contributed by atoms with Crippen LogP contribution in [-0.4, -0.2) is 36.7 Å². The molecule has 2 heterocycles. The highest BCUT2D eigenvalue weighted by atomic mass is 79.9. The molecule has 5 nitrogen and oxygen atoms in total. The molecule has 0 bridgehead atoms. The third-order valence-electron chi connectivity index (χ3n) is 4.88. The zero-order chi connectivity index (χ0) is 21.3. The van der Waals surface area contributed by atoms with E-state index in [9.17, 15) is 4.79 Å². The van der Waals surface area contributed by atoms with Crippen molar-refractivity contribution in [1.82, 2.24) is 4.90 Å². The molecule has 0 atom stereocenters. The van der Waals surface area contributed by atoms with E-state index in [1.165, 1.54) is 11.8 Å². The molecule has 0 aliphatic carbocycles. The van der Waals surface area contributed by atoms with Crippen LogP contribution in [0.1, 0.15) is 19.8 Å². The van der Waals surface area contributed by atoms with Crippen molar-refractivity contribution in [3.63, 3.8) is 0 Å². The number of nitrogens with zero attached hydrogens (tertiary/aromatic N) is 3. The summed E-state index contributed by atoms with van der Waals surface area (Å²) in [6.07, 6.45) is 1.96. The molecular formula is C22H22BrN3O2S2. The van der Waals surface area contributed by atoms with Gasteiger partial charge in [-0.05, 0) is 54.6 Å². The fourth-order valence-corrected chi connectivity index (χ4v) is 5.82. The average Bonchev–Trinajstić information content (AvgIpc) is 3.24. The summed E-state index contributed by atoms with van der Waals surface area (Å²) >= 11 is 6.54. The van der Waals surface area contributed by atoms with Crippen LogP contribution in [0.5, 0.6) is 5.75 Å². The lowest BCUT2D eigenvalue weighted by Crippen LogP contribution is -2.30. The number of fused-ring (bicyclic) bond motifs is 1. The van der Waals surface area contributed by atoms with Crippen LogP contribution in [0.25, 0.3) is 0 Å². The number of hydrogen-bond acceptors (Lipinski definition) is 6. The van der Waals surface area contributed by atoms with Crippen molar-refractivity contribution in [2.24, 2.45) is 4.99 Å². The van der Waals surface area contributed by atoms with Crippen LogP contribution in [-0.2, 0) is 4.79 Å². The van der Waals surface area contributed by atoms with Gasteiger partial charge in [0.2, 0.25) is 0 Å². The van der Waals surface area contributed by atoms with Gasteiger partial charge in [-0.1, -0.05) is 41.0 Å². The lowest BCUT2D eigenvalue weighted by Gasteiger charge is -2.16. The number of anilines is 1. The third-order valence-corrected chi connectivity index (χ3v) is 7.84. The van der Waals surface area contributed by atoms with E-state index >= 15 is 0 Å². The first-order valence-electron chi connectivity index (χ1n) is 9.69. The first-order chi connectivity index (χ1) is 14.5. The summed E-state index contributed by atoms with van der Waals surface area (Å²) in [6.45, 7) is 2.80. The summed E-state index contributed by atoms with van der Waals surface area (Å²) in [7, 11) is 3.66. The van der Waals surface area contributed by atoms with Gasteiger partial charge in [0.05, 0.1) is 23.5 Å². The van der Waals surface area contributed by atoms with Crippen molar-refractivity contribution in [3.05, 3.63) is 56.9 Å². The molecule has 1 fully saturated rings. The predicted octanol–water partition coefficient (Wildman–Crippen LogP) is 6.23. The molecule has 4 rings (SSSR count). The van der Waals surface area contributed by atoms with Crippen molar-refractivity contribution < 1.29 is 9.53 Å². The Balaban J connectivity index is 1.70.